The van der Waals surface area contributed by atoms with Crippen molar-refractivity contribution in [3.05, 3.63) is 65.5 Å². The van der Waals surface area contributed by atoms with Crippen LogP contribution in [0.1, 0.15) is 56.5 Å². The summed E-state index contributed by atoms with van der Waals surface area (Å²) in [5.74, 6) is -1.76. The zero-order chi connectivity index (χ0) is 26.0. The quantitative estimate of drug-likeness (QED) is 0.596. The number of hydrogen-bond acceptors (Lipinski definition) is 5. The summed E-state index contributed by atoms with van der Waals surface area (Å²) in [4.78, 5) is 39.9. The molecule has 1 heterocycles. The highest BCUT2D eigenvalue weighted by atomic mass is 32.2. The Kier molecular flexibility index (Phi) is 7.64. The molecule has 8 nitrogen and oxygen atoms in total. The Balaban J connectivity index is 1.72. The number of amides is 3. The van der Waals surface area contributed by atoms with E-state index in [1.807, 2.05) is 20.8 Å². The van der Waals surface area contributed by atoms with E-state index in [1.54, 1.807) is 19.1 Å². The third kappa shape index (κ3) is 6.05. The summed E-state index contributed by atoms with van der Waals surface area (Å²) in [6.07, 6.45) is 0.00922. The minimum Gasteiger partial charge on any atom is -0.350 e. The molecular formula is C25H30FN3O5S. The van der Waals surface area contributed by atoms with Crippen molar-refractivity contribution < 1.29 is 27.2 Å². The summed E-state index contributed by atoms with van der Waals surface area (Å²) in [7, 11) is -3.96. The minimum atomic E-state index is -3.96. The largest absolute Gasteiger partial charge is 0.350 e. The van der Waals surface area contributed by atoms with E-state index in [9.17, 15) is 27.2 Å². The van der Waals surface area contributed by atoms with E-state index in [1.165, 1.54) is 41.3 Å². The van der Waals surface area contributed by atoms with Crippen LogP contribution >= 0.6 is 0 Å². The van der Waals surface area contributed by atoms with E-state index < -0.39 is 33.3 Å². The van der Waals surface area contributed by atoms with Gasteiger partial charge in [-0.25, -0.2) is 17.1 Å². The van der Waals surface area contributed by atoms with Crippen molar-refractivity contribution in [3.63, 3.8) is 0 Å². The molecule has 0 radical (unpaired) electrons. The summed E-state index contributed by atoms with van der Waals surface area (Å²) in [5, 5.41) is 2.85. The monoisotopic (exact) mass is 503 g/mol. The van der Waals surface area contributed by atoms with Crippen LogP contribution in [0, 0.1) is 5.82 Å². The molecule has 10 heteroatoms. The van der Waals surface area contributed by atoms with Gasteiger partial charge in [0.2, 0.25) is 11.8 Å². The Bertz CT molecular complexity index is 1220. The lowest BCUT2D eigenvalue weighted by atomic mass is 10.1. The molecule has 1 N–H and O–H groups in total. The molecule has 0 saturated carbocycles. The van der Waals surface area contributed by atoms with Crippen molar-refractivity contribution in [2.75, 3.05) is 6.54 Å². The number of sulfonamides is 1. The molecule has 3 rings (SSSR count). The van der Waals surface area contributed by atoms with Crippen molar-refractivity contribution in [2.45, 2.75) is 63.6 Å². The molecule has 188 valence electrons. The van der Waals surface area contributed by atoms with Crippen LogP contribution in [0.25, 0.3) is 0 Å². The molecule has 0 fully saturated rings. The number of nitrogens with zero attached hydrogens (tertiary/aromatic N) is 2. The molecule has 2 aromatic rings. The Hall–Kier alpha value is -3.27. The number of halogens is 1. The molecule has 0 aliphatic carbocycles. The predicted molar refractivity (Wildman–Crippen MR) is 128 cm³/mol. The first-order chi connectivity index (χ1) is 16.3. The van der Waals surface area contributed by atoms with Crippen LogP contribution in [0.4, 0.5) is 4.39 Å². The molecule has 0 saturated heterocycles. The second-order valence-corrected chi connectivity index (χ2v) is 11.4. The predicted octanol–water partition coefficient (Wildman–Crippen LogP) is 3.08. The van der Waals surface area contributed by atoms with E-state index in [0.29, 0.717) is 5.56 Å². The van der Waals surface area contributed by atoms with Crippen LogP contribution in [0.15, 0.2) is 53.4 Å². The van der Waals surface area contributed by atoms with Crippen molar-refractivity contribution in [2.24, 2.45) is 0 Å². The molecule has 0 aromatic heterocycles. The van der Waals surface area contributed by atoms with E-state index in [2.05, 4.69) is 5.32 Å². The average molecular weight is 504 g/mol. The van der Waals surface area contributed by atoms with Crippen molar-refractivity contribution >= 4 is 27.7 Å². The van der Waals surface area contributed by atoms with E-state index in [4.69, 9.17) is 0 Å². The van der Waals surface area contributed by atoms with Crippen molar-refractivity contribution in [1.29, 1.82) is 0 Å². The minimum absolute atomic E-state index is 0.0401. The maximum atomic E-state index is 13.3. The van der Waals surface area contributed by atoms with Gasteiger partial charge in [-0.15, -0.1) is 0 Å². The van der Waals surface area contributed by atoms with Gasteiger partial charge in [0, 0.05) is 25.0 Å². The number of carbonyl (C=O) groups excluding carboxylic acids is 3. The highest BCUT2D eigenvalue weighted by Gasteiger charge is 2.40. The summed E-state index contributed by atoms with van der Waals surface area (Å²) in [6, 6.07) is 10.8. The lowest BCUT2D eigenvalue weighted by Crippen LogP contribution is -2.52. The number of benzene rings is 2. The molecule has 0 bridgehead atoms. The lowest BCUT2D eigenvalue weighted by Gasteiger charge is -2.31. The highest BCUT2D eigenvalue weighted by molar-refractivity contribution is 7.90. The van der Waals surface area contributed by atoms with Crippen LogP contribution < -0.4 is 5.32 Å². The van der Waals surface area contributed by atoms with Crippen LogP contribution in [0.5, 0.6) is 0 Å². The first kappa shape index (κ1) is 26.3. The molecule has 2 aromatic carbocycles. The number of rotatable bonds is 8. The highest BCUT2D eigenvalue weighted by Crippen LogP contribution is 2.30. The Morgan fingerprint density at radius 1 is 1.09 bits per heavy atom. The fourth-order valence-electron chi connectivity index (χ4n) is 3.81. The second kappa shape index (κ2) is 10.2. The number of fused-ring (bicyclic) bond motifs is 1. The van der Waals surface area contributed by atoms with Crippen LogP contribution in [0.3, 0.4) is 0 Å². The van der Waals surface area contributed by atoms with Gasteiger partial charge in [0.15, 0.2) is 0 Å². The molecule has 3 amide bonds. The Morgan fingerprint density at radius 2 is 1.71 bits per heavy atom. The molecular weight excluding hydrogens is 473 g/mol. The van der Waals surface area contributed by atoms with Gasteiger partial charge in [0.25, 0.3) is 15.9 Å². The maximum absolute atomic E-state index is 13.3. The van der Waals surface area contributed by atoms with Crippen LogP contribution in [0.2, 0.25) is 0 Å². The van der Waals surface area contributed by atoms with Gasteiger partial charge >= 0.3 is 0 Å². The Labute approximate surface area is 205 Å². The zero-order valence-electron chi connectivity index (χ0n) is 20.2. The lowest BCUT2D eigenvalue weighted by molar-refractivity contribution is -0.141. The van der Waals surface area contributed by atoms with Gasteiger partial charge in [-0.3, -0.25) is 14.4 Å². The number of nitrogens with one attached hydrogen (secondary N) is 1. The van der Waals surface area contributed by atoms with Crippen molar-refractivity contribution in [3.8, 4) is 0 Å². The summed E-state index contributed by atoms with van der Waals surface area (Å²) in [5.41, 5.74) is 0.252. The van der Waals surface area contributed by atoms with E-state index in [0.717, 1.165) is 4.31 Å². The van der Waals surface area contributed by atoms with Crippen LogP contribution in [-0.2, 0) is 26.2 Å². The molecule has 1 aliphatic heterocycles. The van der Waals surface area contributed by atoms with E-state index in [-0.39, 0.29) is 48.2 Å². The normalized spacial score (nSPS) is 15.5. The SMILES string of the molecule is C[C@@H](C(=O)NC(C)(C)C)N(Cc1ccc(F)cc1)C(=O)CCCN1C(=O)c2ccccc2S1(=O)=O. The van der Waals surface area contributed by atoms with Gasteiger partial charge in [-0.1, -0.05) is 24.3 Å². The van der Waals surface area contributed by atoms with Crippen molar-refractivity contribution in [1.82, 2.24) is 14.5 Å². The third-order valence-electron chi connectivity index (χ3n) is 5.60. The van der Waals surface area contributed by atoms with Gasteiger partial charge in [0.05, 0.1) is 5.56 Å². The van der Waals surface area contributed by atoms with Gasteiger partial charge in [0.1, 0.15) is 16.8 Å². The molecule has 35 heavy (non-hydrogen) atoms. The molecule has 0 unspecified atom stereocenters. The maximum Gasteiger partial charge on any atom is 0.269 e. The fourth-order valence-corrected chi connectivity index (χ4v) is 5.42. The fraction of sp³-hybridized carbons (Fsp3) is 0.400. The molecule has 1 aliphatic rings. The average Bonchev–Trinajstić information content (AvgIpc) is 2.97. The zero-order valence-corrected chi connectivity index (χ0v) is 21.1. The number of hydrogen-bond donors (Lipinski definition) is 1. The summed E-state index contributed by atoms with van der Waals surface area (Å²) >= 11 is 0. The smallest absolute Gasteiger partial charge is 0.269 e. The summed E-state index contributed by atoms with van der Waals surface area (Å²) in [6.45, 7) is 7.01. The number of carbonyl (C=O) groups is 3. The van der Waals surface area contributed by atoms with Gasteiger partial charge in [-0.2, -0.15) is 0 Å². The molecule has 0 spiro atoms. The van der Waals surface area contributed by atoms with Gasteiger partial charge in [-0.05, 0) is 63.9 Å². The van der Waals surface area contributed by atoms with Gasteiger partial charge < -0.3 is 10.2 Å². The van der Waals surface area contributed by atoms with E-state index >= 15 is 0 Å². The van der Waals surface area contributed by atoms with Crippen LogP contribution in [-0.4, -0.2) is 53.5 Å². The third-order valence-corrected chi connectivity index (χ3v) is 7.44. The first-order valence-electron chi connectivity index (χ1n) is 11.3. The second-order valence-electron chi connectivity index (χ2n) is 9.55. The topological polar surface area (TPSA) is 104 Å². The summed E-state index contributed by atoms with van der Waals surface area (Å²) < 4.78 is 39.6. The Morgan fingerprint density at radius 3 is 2.31 bits per heavy atom. The molecule has 1 atom stereocenters. The standard InChI is InChI=1S/C25H30FN3O5S/c1-17(23(31)27-25(2,3)4)28(16-18-11-13-19(26)14-12-18)22(30)10-7-15-29-24(32)20-8-5-6-9-21(20)35(29,33)34/h5-6,8-9,11-14,17H,7,10,15-16H2,1-4H3,(H,27,31)/t17-/m0/s1. The first-order valence-corrected chi connectivity index (χ1v) is 12.8.